The van der Waals surface area contributed by atoms with Crippen LogP contribution in [0.15, 0.2) is 34.8 Å². The highest BCUT2D eigenvalue weighted by atomic mass is 79.9. The number of esters is 1. The van der Waals surface area contributed by atoms with Gasteiger partial charge in [0.1, 0.15) is 5.75 Å². The minimum Gasteiger partial charge on any atom is -0.496 e. The van der Waals surface area contributed by atoms with Crippen LogP contribution < -0.4 is 15.8 Å². The van der Waals surface area contributed by atoms with Crippen molar-refractivity contribution in [2.75, 3.05) is 24.8 Å². The number of carbonyl (C=O) groups is 1. The summed E-state index contributed by atoms with van der Waals surface area (Å²) >= 11 is 3.59. The summed E-state index contributed by atoms with van der Waals surface area (Å²) in [4.78, 5) is 13.0. The van der Waals surface area contributed by atoms with Gasteiger partial charge >= 0.3 is 5.97 Å². The number of anilines is 2. The number of aromatic nitrogens is 1. The number of fused-ring (bicyclic) bond motifs is 1. The number of hydrogen-bond acceptors (Lipinski definition) is 5. The Bertz CT molecular complexity index is 1090. The SMILES string of the molecule is CCCCn1c(CNc2ccc(C)c(N)c2)c(C(=O)OCC)c2cc(OC)c(Br)cc21. The average molecular weight is 488 g/mol. The normalized spacial score (nSPS) is 11.0. The van der Waals surface area contributed by atoms with Gasteiger partial charge in [-0.05, 0) is 66.0 Å². The van der Waals surface area contributed by atoms with Crippen molar-refractivity contribution in [2.45, 2.75) is 46.7 Å². The zero-order chi connectivity index (χ0) is 22.5. The molecule has 3 aromatic rings. The number of hydrogen-bond donors (Lipinski definition) is 2. The number of unbranched alkanes of at least 4 members (excludes halogenated alkanes) is 1. The van der Waals surface area contributed by atoms with Gasteiger partial charge in [-0.3, -0.25) is 0 Å². The second-order valence-electron chi connectivity index (χ2n) is 7.48. The van der Waals surface area contributed by atoms with Crippen LogP contribution in [-0.4, -0.2) is 24.3 Å². The number of benzene rings is 2. The van der Waals surface area contributed by atoms with Crippen molar-refractivity contribution in [1.29, 1.82) is 0 Å². The van der Waals surface area contributed by atoms with Crippen LogP contribution in [-0.2, 0) is 17.8 Å². The number of aryl methyl sites for hydroxylation is 2. The van der Waals surface area contributed by atoms with E-state index in [-0.39, 0.29) is 5.97 Å². The van der Waals surface area contributed by atoms with Gasteiger partial charge in [-0.15, -0.1) is 0 Å². The quantitative estimate of drug-likeness (QED) is 0.290. The number of nitrogens with one attached hydrogen (secondary N) is 1. The lowest BCUT2D eigenvalue weighted by Crippen LogP contribution is -2.14. The fourth-order valence-electron chi connectivity index (χ4n) is 3.68. The predicted molar refractivity (Wildman–Crippen MR) is 130 cm³/mol. The summed E-state index contributed by atoms with van der Waals surface area (Å²) in [5.74, 6) is 0.351. The van der Waals surface area contributed by atoms with Gasteiger partial charge in [-0.1, -0.05) is 19.4 Å². The Morgan fingerprint density at radius 2 is 2.00 bits per heavy atom. The lowest BCUT2D eigenvalue weighted by atomic mass is 10.1. The molecule has 0 atom stereocenters. The Kier molecular flexibility index (Phi) is 7.49. The van der Waals surface area contributed by atoms with Crippen molar-refractivity contribution in [3.8, 4) is 5.75 Å². The van der Waals surface area contributed by atoms with E-state index in [1.54, 1.807) is 7.11 Å². The Labute approximate surface area is 191 Å². The van der Waals surface area contributed by atoms with Crippen LogP contribution in [0.4, 0.5) is 11.4 Å². The van der Waals surface area contributed by atoms with Gasteiger partial charge in [0, 0.05) is 23.3 Å². The molecule has 0 aliphatic heterocycles. The molecule has 0 fully saturated rings. The number of rotatable bonds is 9. The summed E-state index contributed by atoms with van der Waals surface area (Å²) in [7, 11) is 1.62. The molecule has 0 amide bonds. The summed E-state index contributed by atoms with van der Waals surface area (Å²) in [5, 5.41) is 4.26. The van der Waals surface area contributed by atoms with Crippen LogP contribution in [0.5, 0.6) is 5.75 Å². The van der Waals surface area contributed by atoms with Crippen molar-refractivity contribution >= 4 is 44.2 Å². The number of nitrogens with two attached hydrogens (primary N) is 1. The molecule has 3 N–H and O–H groups in total. The lowest BCUT2D eigenvalue weighted by Gasteiger charge is -2.14. The highest BCUT2D eigenvalue weighted by Crippen LogP contribution is 2.36. The summed E-state index contributed by atoms with van der Waals surface area (Å²) in [6, 6.07) is 9.81. The first-order valence-electron chi connectivity index (χ1n) is 10.6. The van der Waals surface area contributed by atoms with Gasteiger partial charge < -0.3 is 25.1 Å². The molecule has 1 heterocycles. The molecular weight excluding hydrogens is 458 g/mol. The van der Waals surface area contributed by atoms with Crippen LogP contribution >= 0.6 is 15.9 Å². The molecule has 0 saturated heterocycles. The Morgan fingerprint density at radius 1 is 1.23 bits per heavy atom. The summed E-state index contributed by atoms with van der Waals surface area (Å²) in [5.41, 5.74) is 11.2. The van der Waals surface area contributed by atoms with Crippen molar-refractivity contribution in [1.82, 2.24) is 4.57 Å². The van der Waals surface area contributed by atoms with Crippen molar-refractivity contribution in [3.63, 3.8) is 0 Å². The third kappa shape index (κ3) is 4.82. The molecule has 0 spiro atoms. The van der Waals surface area contributed by atoms with Crippen molar-refractivity contribution in [3.05, 3.63) is 51.6 Å². The fourth-order valence-corrected chi connectivity index (χ4v) is 4.17. The zero-order valence-corrected chi connectivity index (χ0v) is 20.1. The van der Waals surface area contributed by atoms with Crippen LogP contribution in [0.1, 0.15) is 48.3 Å². The second kappa shape index (κ2) is 10.1. The molecule has 7 heteroatoms. The summed E-state index contributed by atoms with van der Waals surface area (Å²) < 4.78 is 14.0. The third-order valence-corrected chi connectivity index (χ3v) is 6.02. The van der Waals surface area contributed by atoms with Gasteiger partial charge in [0.15, 0.2) is 0 Å². The Morgan fingerprint density at radius 3 is 2.65 bits per heavy atom. The molecule has 31 heavy (non-hydrogen) atoms. The highest BCUT2D eigenvalue weighted by Gasteiger charge is 2.25. The van der Waals surface area contributed by atoms with E-state index in [1.165, 1.54) is 0 Å². The molecular formula is C24H30BrN3O3. The first-order chi connectivity index (χ1) is 14.9. The van der Waals surface area contributed by atoms with Crippen LogP contribution in [0.2, 0.25) is 0 Å². The molecule has 1 aromatic heterocycles. The number of halogens is 1. The molecule has 2 aromatic carbocycles. The first kappa shape index (κ1) is 23.0. The van der Waals surface area contributed by atoms with E-state index in [9.17, 15) is 4.79 Å². The van der Waals surface area contributed by atoms with E-state index in [1.807, 2.05) is 44.2 Å². The number of methoxy groups -OCH3 is 1. The molecule has 0 saturated carbocycles. The first-order valence-corrected chi connectivity index (χ1v) is 11.4. The lowest BCUT2D eigenvalue weighted by molar-refractivity contribution is 0.0527. The van der Waals surface area contributed by atoms with Crippen LogP contribution in [0, 0.1) is 6.92 Å². The molecule has 0 unspecified atom stereocenters. The van der Waals surface area contributed by atoms with E-state index in [0.29, 0.717) is 24.5 Å². The largest absolute Gasteiger partial charge is 0.496 e. The molecule has 3 rings (SSSR count). The topological polar surface area (TPSA) is 78.5 Å². The maximum Gasteiger partial charge on any atom is 0.340 e. The minimum atomic E-state index is -0.327. The smallest absolute Gasteiger partial charge is 0.340 e. The number of nitrogens with zero attached hydrogens (tertiary/aromatic N) is 1. The predicted octanol–water partition coefficient (Wildman–Crippen LogP) is 5.89. The van der Waals surface area contributed by atoms with Gasteiger partial charge in [0.2, 0.25) is 0 Å². The van der Waals surface area contributed by atoms with E-state index in [0.717, 1.165) is 57.4 Å². The Balaban J connectivity index is 2.15. The minimum absolute atomic E-state index is 0.315. The molecule has 166 valence electrons. The van der Waals surface area contributed by atoms with Gasteiger partial charge in [-0.25, -0.2) is 4.79 Å². The van der Waals surface area contributed by atoms with Gasteiger partial charge in [0.05, 0.1) is 41.5 Å². The average Bonchev–Trinajstić information content (AvgIpc) is 3.04. The molecule has 0 radical (unpaired) electrons. The second-order valence-corrected chi connectivity index (χ2v) is 8.33. The molecule has 0 bridgehead atoms. The number of ether oxygens (including phenoxy) is 2. The van der Waals surface area contributed by atoms with Crippen molar-refractivity contribution < 1.29 is 14.3 Å². The molecule has 0 aliphatic rings. The van der Waals surface area contributed by atoms with E-state index in [4.69, 9.17) is 15.2 Å². The monoisotopic (exact) mass is 487 g/mol. The van der Waals surface area contributed by atoms with E-state index in [2.05, 4.69) is 32.7 Å². The third-order valence-electron chi connectivity index (χ3n) is 5.40. The fraction of sp³-hybridized carbons (Fsp3) is 0.375. The summed E-state index contributed by atoms with van der Waals surface area (Å²) in [6.45, 7) is 7.54. The van der Waals surface area contributed by atoms with Crippen LogP contribution in [0.3, 0.4) is 0 Å². The molecule has 0 aliphatic carbocycles. The summed E-state index contributed by atoms with van der Waals surface area (Å²) in [6.07, 6.45) is 2.05. The maximum atomic E-state index is 13.0. The zero-order valence-electron chi connectivity index (χ0n) is 18.5. The maximum absolute atomic E-state index is 13.0. The van der Waals surface area contributed by atoms with Gasteiger partial charge in [0.25, 0.3) is 0 Å². The van der Waals surface area contributed by atoms with E-state index < -0.39 is 0 Å². The molecule has 6 nitrogen and oxygen atoms in total. The highest BCUT2D eigenvalue weighted by molar-refractivity contribution is 9.10. The Hall–Kier alpha value is -2.67. The van der Waals surface area contributed by atoms with Gasteiger partial charge in [-0.2, -0.15) is 0 Å². The van der Waals surface area contributed by atoms with Crippen LogP contribution in [0.25, 0.3) is 10.9 Å². The van der Waals surface area contributed by atoms with Crippen molar-refractivity contribution in [2.24, 2.45) is 0 Å². The van der Waals surface area contributed by atoms with E-state index >= 15 is 0 Å². The standard InChI is InChI=1S/C24H30BrN3O3/c1-5-7-10-28-20-13-18(25)22(30-4)12-17(20)23(24(29)31-6-2)21(28)14-27-16-9-8-15(3)19(26)11-16/h8-9,11-13,27H,5-7,10,14,26H2,1-4H3. The number of nitrogen functional groups attached to an aromatic ring is 1. The number of carbonyl (C=O) groups excluding carboxylic acids is 1.